The summed E-state index contributed by atoms with van der Waals surface area (Å²) in [5, 5.41) is 0. The van der Waals surface area contributed by atoms with Crippen molar-refractivity contribution in [1.82, 2.24) is 0 Å². The van der Waals surface area contributed by atoms with Crippen molar-refractivity contribution in [3.8, 4) is 0 Å². The highest BCUT2D eigenvalue weighted by molar-refractivity contribution is 5.72. The summed E-state index contributed by atoms with van der Waals surface area (Å²) in [5.41, 5.74) is 0. The minimum absolute atomic E-state index is 0.0116. The van der Waals surface area contributed by atoms with Crippen molar-refractivity contribution in [3.05, 3.63) is 6.42 Å². The highest BCUT2D eigenvalue weighted by Crippen LogP contribution is 2.24. The van der Waals surface area contributed by atoms with Crippen molar-refractivity contribution < 1.29 is 9.53 Å². The standard InChI is InChI=1S/C12H21O2/c1-3-10(2)14-12(13)11-8-6-4-5-7-9-11/h3,10-11H,4-9H2,1-2H3/t10-/m0/s1. The average molecular weight is 197 g/mol. The zero-order valence-electron chi connectivity index (χ0n) is 9.29. The van der Waals surface area contributed by atoms with Gasteiger partial charge in [-0.1, -0.05) is 32.6 Å². The number of ether oxygens (including phenoxy) is 1. The van der Waals surface area contributed by atoms with Crippen LogP contribution < -0.4 is 0 Å². The molecule has 0 aromatic heterocycles. The molecule has 0 aliphatic heterocycles. The first-order valence-electron chi connectivity index (χ1n) is 5.74. The first-order valence-corrected chi connectivity index (χ1v) is 5.74. The fourth-order valence-electron chi connectivity index (χ4n) is 1.86. The van der Waals surface area contributed by atoms with Crippen molar-refractivity contribution in [3.63, 3.8) is 0 Å². The molecule has 0 N–H and O–H groups in total. The van der Waals surface area contributed by atoms with Crippen molar-refractivity contribution in [1.29, 1.82) is 0 Å². The van der Waals surface area contributed by atoms with Crippen LogP contribution in [-0.2, 0) is 9.53 Å². The van der Waals surface area contributed by atoms with E-state index in [2.05, 4.69) is 0 Å². The minimum atomic E-state index is -0.0363. The van der Waals surface area contributed by atoms with Crippen LogP contribution in [0.1, 0.15) is 52.4 Å². The fourth-order valence-corrected chi connectivity index (χ4v) is 1.86. The van der Waals surface area contributed by atoms with Gasteiger partial charge in [0.15, 0.2) is 0 Å². The van der Waals surface area contributed by atoms with Gasteiger partial charge in [0.25, 0.3) is 0 Å². The highest BCUT2D eigenvalue weighted by atomic mass is 16.5. The van der Waals surface area contributed by atoms with E-state index < -0.39 is 0 Å². The minimum Gasteiger partial charge on any atom is -0.462 e. The van der Waals surface area contributed by atoms with Gasteiger partial charge >= 0.3 is 5.97 Å². The number of rotatable bonds is 3. The maximum atomic E-state index is 11.7. The van der Waals surface area contributed by atoms with Crippen LogP contribution in [0.4, 0.5) is 0 Å². The van der Waals surface area contributed by atoms with E-state index in [0.29, 0.717) is 0 Å². The third-order valence-corrected chi connectivity index (χ3v) is 2.96. The second-order valence-corrected chi connectivity index (χ2v) is 4.16. The van der Waals surface area contributed by atoms with E-state index >= 15 is 0 Å². The van der Waals surface area contributed by atoms with Gasteiger partial charge in [0, 0.05) is 0 Å². The number of carbonyl (C=O) groups is 1. The Kier molecular flexibility index (Phi) is 4.99. The Bertz CT molecular complexity index is 169. The predicted octanol–water partition coefficient (Wildman–Crippen LogP) is 3.11. The van der Waals surface area contributed by atoms with Gasteiger partial charge in [-0.25, -0.2) is 0 Å². The zero-order chi connectivity index (χ0) is 10.4. The Hall–Kier alpha value is -0.530. The molecule has 2 nitrogen and oxygen atoms in total. The molecule has 1 aliphatic rings. The van der Waals surface area contributed by atoms with E-state index in [1.165, 1.54) is 25.7 Å². The van der Waals surface area contributed by atoms with Crippen LogP contribution >= 0.6 is 0 Å². The third-order valence-electron chi connectivity index (χ3n) is 2.96. The lowest BCUT2D eigenvalue weighted by atomic mass is 10.0. The number of hydrogen-bond acceptors (Lipinski definition) is 2. The molecule has 0 aromatic rings. The summed E-state index contributed by atoms with van der Waals surface area (Å²) < 4.78 is 5.30. The topological polar surface area (TPSA) is 26.3 Å². The molecule has 0 heterocycles. The Morgan fingerprint density at radius 3 is 2.36 bits per heavy atom. The van der Waals surface area contributed by atoms with Gasteiger partial charge in [-0.15, -0.1) is 0 Å². The molecule has 2 heteroatoms. The number of hydrogen-bond donors (Lipinski definition) is 0. The summed E-state index contributed by atoms with van der Waals surface area (Å²) in [5.74, 6) is 0.178. The summed E-state index contributed by atoms with van der Waals surface area (Å²) in [6.07, 6.45) is 8.84. The van der Waals surface area contributed by atoms with Crippen LogP contribution in [0.3, 0.4) is 0 Å². The van der Waals surface area contributed by atoms with Gasteiger partial charge in [0.1, 0.15) is 6.10 Å². The molecule has 0 bridgehead atoms. The maximum Gasteiger partial charge on any atom is 0.309 e. The van der Waals surface area contributed by atoms with Crippen LogP contribution in [-0.4, -0.2) is 12.1 Å². The van der Waals surface area contributed by atoms with Gasteiger partial charge in [-0.3, -0.25) is 4.79 Å². The largest absolute Gasteiger partial charge is 0.462 e. The molecule has 1 rings (SSSR count). The maximum absolute atomic E-state index is 11.7. The summed E-state index contributed by atoms with van der Waals surface area (Å²) in [4.78, 5) is 11.7. The Morgan fingerprint density at radius 1 is 1.29 bits per heavy atom. The van der Waals surface area contributed by atoms with Gasteiger partial charge in [-0.05, 0) is 26.2 Å². The van der Waals surface area contributed by atoms with Gasteiger partial charge in [-0.2, -0.15) is 0 Å². The summed E-state index contributed by atoms with van der Waals surface area (Å²) in [7, 11) is 0. The van der Waals surface area contributed by atoms with Gasteiger partial charge in [0.2, 0.25) is 0 Å². The Labute approximate surface area is 87.0 Å². The quantitative estimate of drug-likeness (QED) is 0.513. The molecule has 0 saturated heterocycles. The van der Waals surface area contributed by atoms with E-state index in [4.69, 9.17) is 4.74 Å². The van der Waals surface area contributed by atoms with Crippen LogP contribution in [0.25, 0.3) is 0 Å². The lowest BCUT2D eigenvalue weighted by molar-refractivity contribution is -0.152. The molecule has 81 valence electrons. The van der Waals surface area contributed by atoms with Gasteiger partial charge in [0.05, 0.1) is 5.92 Å². The second-order valence-electron chi connectivity index (χ2n) is 4.16. The van der Waals surface area contributed by atoms with E-state index in [1.807, 2.05) is 20.3 Å². The molecule has 1 aliphatic carbocycles. The van der Waals surface area contributed by atoms with Crippen LogP contribution in [0, 0.1) is 12.3 Å². The first kappa shape index (κ1) is 11.5. The van der Waals surface area contributed by atoms with E-state index in [9.17, 15) is 4.79 Å². The predicted molar refractivity (Wildman–Crippen MR) is 56.7 cm³/mol. The third kappa shape index (κ3) is 3.69. The van der Waals surface area contributed by atoms with Crippen LogP contribution in [0.5, 0.6) is 0 Å². The molecule has 0 amide bonds. The summed E-state index contributed by atoms with van der Waals surface area (Å²) >= 11 is 0. The lowest BCUT2D eigenvalue weighted by Gasteiger charge is -2.16. The SMILES string of the molecule is C[CH][C@H](C)OC(=O)C1CCCCCC1. The molecular formula is C12H21O2. The van der Waals surface area contributed by atoms with E-state index in [1.54, 1.807) is 0 Å². The van der Waals surface area contributed by atoms with E-state index in [0.717, 1.165) is 12.8 Å². The van der Waals surface area contributed by atoms with Crippen molar-refractivity contribution >= 4 is 5.97 Å². The molecule has 1 fully saturated rings. The average Bonchev–Trinajstić information content (AvgIpc) is 2.45. The first-order chi connectivity index (χ1) is 6.74. The van der Waals surface area contributed by atoms with Crippen LogP contribution in [0.2, 0.25) is 0 Å². The summed E-state index contributed by atoms with van der Waals surface area (Å²) in [6.45, 7) is 3.83. The molecule has 14 heavy (non-hydrogen) atoms. The monoisotopic (exact) mass is 197 g/mol. The Morgan fingerprint density at radius 2 is 1.86 bits per heavy atom. The van der Waals surface area contributed by atoms with Gasteiger partial charge < -0.3 is 4.74 Å². The van der Waals surface area contributed by atoms with Crippen molar-refractivity contribution in [2.75, 3.05) is 0 Å². The number of carbonyl (C=O) groups excluding carboxylic acids is 1. The molecule has 1 saturated carbocycles. The normalized spacial score (nSPS) is 21.3. The molecule has 0 spiro atoms. The Balaban J connectivity index is 2.34. The van der Waals surface area contributed by atoms with Crippen molar-refractivity contribution in [2.45, 2.75) is 58.5 Å². The molecule has 0 aromatic carbocycles. The molecular weight excluding hydrogens is 176 g/mol. The van der Waals surface area contributed by atoms with Crippen molar-refractivity contribution in [2.24, 2.45) is 5.92 Å². The fraction of sp³-hybridized carbons (Fsp3) is 0.833. The van der Waals surface area contributed by atoms with E-state index in [-0.39, 0.29) is 18.0 Å². The molecule has 0 unspecified atom stereocenters. The number of esters is 1. The second kappa shape index (κ2) is 6.05. The summed E-state index contributed by atoms with van der Waals surface area (Å²) in [6, 6.07) is 0. The lowest BCUT2D eigenvalue weighted by Crippen LogP contribution is -2.22. The molecule has 1 radical (unpaired) electrons. The highest BCUT2D eigenvalue weighted by Gasteiger charge is 2.22. The smallest absolute Gasteiger partial charge is 0.309 e. The van der Waals surface area contributed by atoms with Crippen LogP contribution in [0.15, 0.2) is 0 Å². The molecule has 1 atom stereocenters. The zero-order valence-corrected chi connectivity index (χ0v) is 9.29.